The van der Waals surface area contributed by atoms with Crippen LogP contribution in [0.1, 0.15) is 37.6 Å². The summed E-state index contributed by atoms with van der Waals surface area (Å²) in [5.74, 6) is -0.281. The van der Waals surface area contributed by atoms with Crippen LogP contribution in [0.3, 0.4) is 0 Å². The Bertz CT molecular complexity index is 523. The molecule has 2 rings (SSSR count). The smallest absolute Gasteiger partial charge is 0.338 e. The Kier molecular flexibility index (Phi) is 5.14. The van der Waals surface area contributed by atoms with Crippen molar-refractivity contribution in [2.75, 3.05) is 6.61 Å². The lowest BCUT2D eigenvalue weighted by Gasteiger charge is -2.30. The number of thiocarbonyl (C=S) groups is 1. The molecule has 4 nitrogen and oxygen atoms in total. The SMILES string of the molecule is CCCC1=C(C(=O)OCC)[C@@H](c2cccs2)NC(=S)N1. The quantitative estimate of drug-likeness (QED) is 0.647. The van der Waals surface area contributed by atoms with Gasteiger partial charge < -0.3 is 15.4 Å². The van der Waals surface area contributed by atoms with Gasteiger partial charge in [-0.25, -0.2) is 4.79 Å². The summed E-state index contributed by atoms with van der Waals surface area (Å²) in [6.45, 7) is 4.25. The maximum Gasteiger partial charge on any atom is 0.338 e. The third kappa shape index (κ3) is 3.19. The lowest BCUT2D eigenvalue weighted by atomic mass is 9.99. The third-order valence-corrected chi connectivity index (χ3v) is 4.13. The van der Waals surface area contributed by atoms with Crippen LogP contribution in [0.4, 0.5) is 0 Å². The second-order valence-corrected chi connectivity index (χ2v) is 5.80. The number of thiophene rings is 1. The monoisotopic (exact) mass is 310 g/mol. The fourth-order valence-corrected chi connectivity index (χ4v) is 3.21. The first-order chi connectivity index (χ1) is 9.67. The molecule has 0 aromatic carbocycles. The Labute approximate surface area is 128 Å². The number of ether oxygens (including phenoxy) is 1. The molecule has 0 amide bonds. The summed E-state index contributed by atoms with van der Waals surface area (Å²) >= 11 is 6.85. The van der Waals surface area contributed by atoms with Gasteiger partial charge in [-0.3, -0.25) is 0 Å². The number of esters is 1. The highest BCUT2D eigenvalue weighted by Gasteiger charge is 2.32. The van der Waals surface area contributed by atoms with Gasteiger partial charge in [-0.2, -0.15) is 0 Å². The first-order valence-corrected chi connectivity index (χ1v) is 7.97. The summed E-state index contributed by atoms with van der Waals surface area (Å²) in [5.41, 5.74) is 1.51. The van der Waals surface area contributed by atoms with Crippen molar-refractivity contribution in [1.29, 1.82) is 0 Å². The van der Waals surface area contributed by atoms with Crippen LogP contribution in [0.15, 0.2) is 28.8 Å². The summed E-state index contributed by atoms with van der Waals surface area (Å²) in [6.07, 6.45) is 1.71. The molecule has 1 aromatic rings. The molecule has 0 unspecified atom stereocenters. The zero-order valence-electron chi connectivity index (χ0n) is 11.6. The molecule has 0 saturated heterocycles. The topological polar surface area (TPSA) is 50.4 Å². The molecule has 2 heterocycles. The van der Waals surface area contributed by atoms with E-state index in [0.717, 1.165) is 23.4 Å². The van der Waals surface area contributed by atoms with E-state index in [9.17, 15) is 4.79 Å². The van der Waals surface area contributed by atoms with Crippen molar-refractivity contribution >= 4 is 34.6 Å². The van der Waals surface area contributed by atoms with E-state index in [2.05, 4.69) is 17.6 Å². The molecular formula is C14H18N2O2S2. The highest BCUT2D eigenvalue weighted by molar-refractivity contribution is 7.80. The van der Waals surface area contributed by atoms with Gasteiger partial charge in [0, 0.05) is 10.6 Å². The summed E-state index contributed by atoms with van der Waals surface area (Å²) in [4.78, 5) is 13.4. The fourth-order valence-electron chi connectivity index (χ4n) is 2.18. The van der Waals surface area contributed by atoms with Crippen LogP contribution in [0.25, 0.3) is 0 Å². The van der Waals surface area contributed by atoms with E-state index in [-0.39, 0.29) is 12.0 Å². The van der Waals surface area contributed by atoms with Gasteiger partial charge in [0.25, 0.3) is 0 Å². The largest absolute Gasteiger partial charge is 0.463 e. The molecule has 0 bridgehead atoms. The number of carbonyl (C=O) groups excluding carboxylic acids is 1. The van der Waals surface area contributed by atoms with Crippen molar-refractivity contribution < 1.29 is 9.53 Å². The van der Waals surface area contributed by atoms with Crippen molar-refractivity contribution in [3.05, 3.63) is 33.7 Å². The van der Waals surface area contributed by atoms with Crippen LogP contribution in [-0.2, 0) is 9.53 Å². The van der Waals surface area contributed by atoms with E-state index in [1.54, 1.807) is 11.3 Å². The molecule has 0 fully saturated rings. The van der Waals surface area contributed by atoms with Crippen molar-refractivity contribution in [2.45, 2.75) is 32.7 Å². The Balaban J connectivity index is 2.43. The van der Waals surface area contributed by atoms with Crippen LogP contribution < -0.4 is 10.6 Å². The summed E-state index contributed by atoms with van der Waals surface area (Å²) in [5, 5.41) is 8.82. The van der Waals surface area contributed by atoms with Crippen LogP contribution in [0.5, 0.6) is 0 Å². The van der Waals surface area contributed by atoms with Crippen molar-refractivity contribution in [3.63, 3.8) is 0 Å². The number of rotatable bonds is 5. The molecule has 6 heteroatoms. The molecular weight excluding hydrogens is 292 g/mol. The number of hydrogen-bond acceptors (Lipinski definition) is 4. The second-order valence-electron chi connectivity index (χ2n) is 4.41. The van der Waals surface area contributed by atoms with Crippen molar-refractivity contribution in [1.82, 2.24) is 10.6 Å². The highest BCUT2D eigenvalue weighted by atomic mass is 32.1. The fraction of sp³-hybridized carbons (Fsp3) is 0.429. The zero-order valence-corrected chi connectivity index (χ0v) is 13.2. The number of allylic oxidation sites excluding steroid dienone is 1. The van der Waals surface area contributed by atoms with Gasteiger partial charge in [0.1, 0.15) is 0 Å². The Morgan fingerprint density at radius 1 is 1.50 bits per heavy atom. The maximum atomic E-state index is 12.3. The van der Waals surface area contributed by atoms with Crippen molar-refractivity contribution in [2.24, 2.45) is 0 Å². The molecule has 0 radical (unpaired) electrons. The predicted molar refractivity (Wildman–Crippen MR) is 84.5 cm³/mol. The summed E-state index contributed by atoms with van der Waals surface area (Å²) in [6, 6.07) is 3.75. The minimum absolute atomic E-state index is 0.218. The minimum Gasteiger partial charge on any atom is -0.463 e. The first kappa shape index (κ1) is 15.0. The van der Waals surface area contributed by atoms with Crippen LogP contribution in [-0.4, -0.2) is 17.7 Å². The lowest BCUT2D eigenvalue weighted by molar-refractivity contribution is -0.139. The molecule has 0 saturated carbocycles. The van der Waals surface area contributed by atoms with Crippen LogP contribution >= 0.6 is 23.6 Å². The predicted octanol–water partition coefficient (Wildman–Crippen LogP) is 2.88. The molecule has 2 N–H and O–H groups in total. The van der Waals surface area contributed by atoms with E-state index in [1.807, 2.05) is 24.4 Å². The molecule has 0 aliphatic carbocycles. The Hall–Kier alpha value is -1.40. The van der Waals surface area contributed by atoms with Gasteiger partial charge in [-0.15, -0.1) is 11.3 Å². The molecule has 0 spiro atoms. The van der Waals surface area contributed by atoms with Crippen LogP contribution in [0, 0.1) is 0 Å². The van der Waals surface area contributed by atoms with E-state index in [4.69, 9.17) is 17.0 Å². The lowest BCUT2D eigenvalue weighted by Crippen LogP contribution is -2.45. The van der Waals surface area contributed by atoms with E-state index < -0.39 is 0 Å². The minimum atomic E-state index is -0.281. The number of hydrogen-bond donors (Lipinski definition) is 2. The number of nitrogens with one attached hydrogen (secondary N) is 2. The Morgan fingerprint density at radius 2 is 2.30 bits per heavy atom. The summed E-state index contributed by atoms with van der Waals surface area (Å²) in [7, 11) is 0. The van der Waals surface area contributed by atoms with Gasteiger partial charge in [-0.1, -0.05) is 19.4 Å². The average molecular weight is 310 g/mol. The standard InChI is InChI=1S/C14H18N2O2S2/c1-3-6-9-11(13(17)18-4-2)12(16-14(19)15-9)10-7-5-8-20-10/h5,7-8,12H,3-4,6H2,1-2H3,(H2,15,16,19)/t12-/m1/s1. The second kappa shape index (κ2) is 6.85. The van der Waals surface area contributed by atoms with Crippen LogP contribution in [0.2, 0.25) is 0 Å². The van der Waals surface area contributed by atoms with Gasteiger partial charge in [0.15, 0.2) is 5.11 Å². The molecule has 1 aliphatic rings. The normalized spacial score (nSPS) is 18.5. The maximum absolute atomic E-state index is 12.3. The Morgan fingerprint density at radius 3 is 2.90 bits per heavy atom. The highest BCUT2D eigenvalue weighted by Crippen LogP contribution is 2.31. The molecule has 108 valence electrons. The molecule has 1 aromatic heterocycles. The average Bonchev–Trinajstić information content (AvgIpc) is 2.92. The van der Waals surface area contributed by atoms with Gasteiger partial charge >= 0.3 is 5.97 Å². The van der Waals surface area contributed by atoms with Gasteiger partial charge in [0.05, 0.1) is 18.2 Å². The van der Waals surface area contributed by atoms with E-state index in [1.165, 1.54) is 0 Å². The molecule has 1 atom stereocenters. The van der Waals surface area contributed by atoms with Gasteiger partial charge in [-0.05, 0) is 37.0 Å². The van der Waals surface area contributed by atoms with Crippen molar-refractivity contribution in [3.8, 4) is 0 Å². The summed E-state index contributed by atoms with van der Waals surface area (Å²) < 4.78 is 5.21. The number of carbonyl (C=O) groups is 1. The molecule has 1 aliphatic heterocycles. The first-order valence-electron chi connectivity index (χ1n) is 6.68. The van der Waals surface area contributed by atoms with E-state index >= 15 is 0 Å². The molecule has 20 heavy (non-hydrogen) atoms. The van der Waals surface area contributed by atoms with Gasteiger partial charge in [0.2, 0.25) is 0 Å². The third-order valence-electron chi connectivity index (χ3n) is 2.98. The zero-order chi connectivity index (χ0) is 14.5. The van der Waals surface area contributed by atoms with E-state index in [0.29, 0.717) is 17.3 Å².